The van der Waals surface area contributed by atoms with E-state index in [1.165, 1.54) is 53.3 Å². The van der Waals surface area contributed by atoms with Gasteiger partial charge in [0, 0.05) is 21.1 Å². The zero-order valence-electron chi connectivity index (χ0n) is 24.2. The topological polar surface area (TPSA) is 38.7 Å². The van der Waals surface area contributed by atoms with Crippen molar-refractivity contribution in [1.29, 1.82) is 0 Å². The van der Waals surface area contributed by atoms with Crippen molar-refractivity contribution in [2.45, 2.75) is 12.9 Å². The zero-order chi connectivity index (χ0) is 29.3. The fraction of sp³-hybridized carbons (Fsp3) is 0.135. The van der Waals surface area contributed by atoms with Crippen LogP contribution >= 0.6 is 7.92 Å². The molecule has 0 spiro atoms. The van der Waals surface area contributed by atoms with Gasteiger partial charge >= 0.3 is 36.9 Å². The van der Waals surface area contributed by atoms with Crippen molar-refractivity contribution < 1.29 is 51.5 Å². The predicted octanol–water partition coefficient (Wildman–Crippen LogP) is 8.10. The summed E-state index contributed by atoms with van der Waals surface area (Å²) in [4.78, 5) is 0. The Kier molecular flexibility index (Phi) is 16.7. The molecule has 0 aliphatic heterocycles. The van der Waals surface area contributed by atoms with E-state index in [0.717, 1.165) is 6.16 Å². The summed E-state index contributed by atoms with van der Waals surface area (Å²) in [5, 5.41) is 16.5. The average Bonchev–Trinajstić information content (AvgIpc) is 3.63. The van der Waals surface area contributed by atoms with Gasteiger partial charge in [0.15, 0.2) is 0 Å². The van der Waals surface area contributed by atoms with Gasteiger partial charge in [-0.25, -0.2) is 12.1 Å². The largest absolute Gasteiger partial charge is 3.00 e. The van der Waals surface area contributed by atoms with Crippen LogP contribution in [0.3, 0.4) is 0 Å². The zero-order valence-corrected chi connectivity index (χ0v) is 26.8. The van der Waals surface area contributed by atoms with Gasteiger partial charge in [-0.1, -0.05) is 104 Å². The molecule has 0 aromatic heterocycles. The van der Waals surface area contributed by atoms with Gasteiger partial charge in [-0.15, -0.1) is 41.1 Å². The Morgan fingerprint density at radius 1 is 0.714 bits per heavy atom. The molecule has 1 N–H and O–H groups in total. The Hall–Kier alpha value is -2.49. The summed E-state index contributed by atoms with van der Waals surface area (Å²) in [6, 6.07) is 53.5. The van der Waals surface area contributed by atoms with Gasteiger partial charge in [-0.05, 0) is 16.0 Å². The molecule has 3 nitrogen and oxygen atoms in total. The van der Waals surface area contributed by atoms with Crippen molar-refractivity contribution in [2.75, 3.05) is 20.4 Å². The molecule has 6 aromatic rings. The third-order valence-corrected chi connectivity index (χ3v) is 8.49. The van der Waals surface area contributed by atoms with E-state index >= 15 is 0 Å². The number of ether oxygens (including phenoxy) is 2. The number of aliphatic hydroxyl groups is 1. The second-order valence-electron chi connectivity index (χ2n) is 9.05. The Morgan fingerprint density at radius 2 is 1.19 bits per heavy atom. The first kappa shape index (κ1) is 35.7. The molecule has 0 atom stereocenters. The van der Waals surface area contributed by atoms with Crippen molar-refractivity contribution >= 4 is 40.1 Å². The summed E-state index contributed by atoms with van der Waals surface area (Å²) >= 11 is 0. The first-order valence-electron chi connectivity index (χ1n) is 13.4. The molecule has 0 bridgehead atoms. The molecule has 0 fully saturated rings. The van der Waals surface area contributed by atoms with Crippen LogP contribution in [0.25, 0.3) is 21.5 Å². The van der Waals surface area contributed by atoms with Gasteiger partial charge < -0.3 is 21.5 Å². The van der Waals surface area contributed by atoms with E-state index < -0.39 is 5.97 Å². The van der Waals surface area contributed by atoms with Crippen molar-refractivity contribution in [3.05, 3.63) is 159 Å². The molecule has 42 heavy (non-hydrogen) atoms. The van der Waals surface area contributed by atoms with Crippen molar-refractivity contribution in [2.24, 2.45) is 0 Å². The predicted molar refractivity (Wildman–Crippen MR) is 176 cm³/mol. The molecule has 6 aromatic carbocycles. The van der Waals surface area contributed by atoms with Crippen LogP contribution in [0.4, 0.5) is 0 Å². The summed E-state index contributed by atoms with van der Waals surface area (Å²) in [6.45, 7) is 5.48. The molecule has 6 rings (SSSR count). The van der Waals surface area contributed by atoms with Gasteiger partial charge in [0.2, 0.25) is 0 Å². The third-order valence-electron chi connectivity index (χ3n) is 6.20. The SMILES string of the molecule is COC(C)(O)OC.[CH2-]CP(c1ccccc1)c1ccccc1.[Lu+3].[c-]1cccc2cc3ccccc3cc12.c1cc[cH-]c1. The molecule has 0 radical (unpaired) electrons. The minimum atomic E-state index is -1.42. The Bertz CT molecular complexity index is 1350. The number of benzene rings is 5. The summed E-state index contributed by atoms with van der Waals surface area (Å²) in [6.07, 6.45) is 0.962. The van der Waals surface area contributed by atoms with E-state index in [4.69, 9.17) is 5.11 Å². The van der Waals surface area contributed by atoms with Crippen molar-refractivity contribution in [3.63, 3.8) is 0 Å². The first-order valence-corrected chi connectivity index (χ1v) is 15.0. The number of hydrogen-bond donors (Lipinski definition) is 1. The number of methoxy groups -OCH3 is 2. The molecular weight excluding hydrogens is 698 g/mol. The smallest absolute Gasteiger partial charge is 0.344 e. The normalized spacial score (nSPS) is 10.3. The van der Waals surface area contributed by atoms with Crippen LogP contribution in [0.15, 0.2) is 146 Å². The molecule has 0 saturated carbocycles. The maximum absolute atomic E-state index is 8.69. The van der Waals surface area contributed by atoms with Crippen LogP contribution in [0, 0.1) is 49.9 Å². The monoisotopic (exact) mass is 736 g/mol. The standard InChI is InChI=1S/C14H14P.C14H9.C5H5.C4H10O3.Lu/c1-2-15(13-9-5-3-6-10-13)14-11-7-4-8-12-14;1-2-6-12-10-14-8-4-3-7-13(14)9-11(12)5-1;1-2-4-5-3-1;1-4(5,6-2)7-3;/h3-12H,1-2H2;1-7,9-10H;1-5H;5H,1-3H3;/q3*-1;;+3. The molecule has 0 amide bonds. The molecular formula is C37H38LuO3P. The second-order valence-corrected chi connectivity index (χ2v) is 11.4. The maximum atomic E-state index is 8.69. The number of rotatable bonds is 5. The van der Waals surface area contributed by atoms with E-state index in [1.807, 2.05) is 42.5 Å². The van der Waals surface area contributed by atoms with Crippen LogP contribution in [0.2, 0.25) is 0 Å². The Morgan fingerprint density at radius 3 is 1.62 bits per heavy atom. The summed E-state index contributed by atoms with van der Waals surface area (Å²) < 4.78 is 8.84. The molecule has 0 heterocycles. The summed E-state index contributed by atoms with van der Waals surface area (Å²) in [7, 11) is 2.47. The van der Waals surface area contributed by atoms with E-state index in [-0.39, 0.29) is 44.8 Å². The van der Waals surface area contributed by atoms with Crippen molar-refractivity contribution in [1.82, 2.24) is 0 Å². The van der Waals surface area contributed by atoms with Gasteiger partial charge in [-0.3, -0.25) is 0 Å². The van der Waals surface area contributed by atoms with Crippen LogP contribution in [0.5, 0.6) is 0 Å². The summed E-state index contributed by atoms with van der Waals surface area (Å²) in [5.74, 6) is -1.42. The van der Waals surface area contributed by atoms with Crippen molar-refractivity contribution in [3.8, 4) is 0 Å². The van der Waals surface area contributed by atoms with E-state index in [9.17, 15) is 0 Å². The Labute approximate surface area is 281 Å². The van der Waals surface area contributed by atoms with Crippen LogP contribution < -0.4 is 10.6 Å². The van der Waals surface area contributed by atoms with Crippen LogP contribution in [-0.2, 0) is 9.47 Å². The average molecular weight is 737 g/mol. The minimum absolute atomic E-state index is 0. The molecule has 0 aliphatic carbocycles. The van der Waals surface area contributed by atoms with Gasteiger partial charge in [0.25, 0.3) is 5.97 Å². The molecule has 224 valence electrons. The molecule has 0 unspecified atom stereocenters. The maximum Gasteiger partial charge on any atom is 3.00 e. The first-order chi connectivity index (χ1) is 20.0. The summed E-state index contributed by atoms with van der Waals surface area (Å²) in [5.41, 5.74) is 0. The quantitative estimate of drug-likeness (QED) is 0.0843. The molecule has 5 heteroatoms. The third kappa shape index (κ3) is 12.0. The minimum Gasteiger partial charge on any atom is -0.344 e. The van der Waals surface area contributed by atoms with Crippen LogP contribution in [-0.4, -0.2) is 31.5 Å². The van der Waals surface area contributed by atoms with E-state index in [1.54, 1.807) is 0 Å². The Balaban J connectivity index is 0.000000211. The number of hydrogen-bond acceptors (Lipinski definition) is 3. The van der Waals surface area contributed by atoms with Gasteiger partial charge in [0.1, 0.15) is 0 Å². The molecule has 0 aliphatic rings. The van der Waals surface area contributed by atoms with E-state index in [2.05, 4.69) is 126 Å². The van der Waals surface area contributed by atoms with Gasteiger partial charge in [-0.2, -0.15) is 24.4 Å². The van der Waals surface area contributed by atoms with Crippen LogP contribution in [0.1, 0.15) is 6.92 Å². The van der Waals surface area contributed by atoms with Gasteiger partial charge in [0.05, 0.1) is 0 Å². The second kappa shape index (κ2) is 19.7. The fourth-order valence-corrected chi connectivity index (χ4v) is 5.72. The number of fused-ring (bicyclic) bond motifs is 2. The van der Waals surface area contributed by atoms with E-state index in [0.29, 0.717) is 0 Å². The fourth-order valence-electron chi connectivity index (χ4n) is 3.84. The molecule has 0 saturated heterocycles.